The van der Waals surface area contributed by atoms with Gasteiger partial charge < -0.3 is 18.8 Å². The molecule has 1 saturated heterocycles. The minimum absolute atomic E-state index is 0.137. The van der Waals surface area contributed by atoms with Gasteiger partial charge in [0.1, 0.15) is 17.2 Å². The fourth-order valence-corrected chi connectivity index (χ4v) is 4.23. The average molecular weight is 499 g/mol. The summed E-state index contributed by atoms with van der Waals surface area (Å²) in [5, 5.41) is 0.363. The predicted octanol–water partition coefficient (Wildman–Crippen LogP) is 0.958. The molecule has 0 N–H and O–H groups in total. The van der Waals surface area contributed by atoms with E-state index in [1.54, 1.807) is 32.2 Å². The molecule has 1 aliphatic rings. The fraction of sp³-hybridized carbons (Fsp3) is 0.440. The lowest BCUT2D eigenvalue weighted by molar-refractivity contribution is 0.0490. The van der Waals surface area contributed by atoms with Gasteiger partial charge in [-0.1, -0.05) is 0 Å². The zero-order valence-corrected chi connectivity index (χ0v) is 20.7. The molecule has 36 heavy (non-hydrogen) atoms. The highest BCUT2D eigenvalue weighted by Gasteiger charge is 2.20. The Bertz CT molecular complexity index is 1430. The van der Waals surface area contributed by atoms with Gasteiger partial charge in [0.25, 0.3) is 5.56 Å². The molecule has 2 aromatic heterocycles. The van der Waals surface area contributed by atoms with Gasteiger partial charge in [-0.2, -0.15) is 0 Å². The summed E-state index contributed by atoms with van der Waals surface area (Å²) >= 11 is 0. The molecule has 11 nitrogen and oxygen atoms in total. The number of piperazine rings is 1. The van der Waals surface area contributed by atoms with E-state index in [0.717, 1.165) is 36.7 Å². The minimum atomic E-state index is -0.681. The Morgan fingerprint density at radius 3 is 2.47 bits per heavy atom. The highest BCUT2D eigenvalue weighted by molar-refractivity contribution is 5.89. The Labute approximate surface area is 207 Å². The number of fused-ring (bicyclic) bond motifs is 1. The number of esters is 1. The number of ether oxygens (including phenoxy) is 2. The van der Waals surface area contributed by atoms with Gasteiger partial charge in [0, 0.05) is 65.0 Å². The first-order valence-electron chi connectivity index (χ1n) is 11.9. The molecule has 0 aliphatic carbocycles. The van der Waals surface area contributed by atoms with Crippen molar-refractivity contribution in [3.05, 3.63) is 67.2 Å². The largest absolute Gasteiger partial charge is 0.493 e. The van der Waals surface area contributed by atoms with Crippen LogP contribution in [-0.4, -0.2) is 65.9 Å². The lowest BCUT2D eigenvalue weighted by Gasteiger charge is -2.36. The standard InChI is InChI=1S/C25H30N4O7/c1-4-34-24(32)21-15-19(30)18-7-6-17(14-20(18)36-21)35-13-5-8-28-9-11-29(12-10-28)22-16-23(31)27(3)25(33)26(22)2/h6-7,14-16H,4-5,8-13H2,1-3H3. The monoisotopic (exact) mass is 498 g/mol. The minimum Gasteiger partial charge on any atom is -0.493 e. The molecule has 11 heteroatoms. The molecule has 4 rings (SSSR count). The fourth-order valence-electron chi connectivity index (χ4n) is 4.23. The highest BCUT2D eigenvalue weighted by Crippen LogP contribution is 2.20. The summed E-state index contributed by atoms with van der Waals surface area (Å²) in [4.78, 5) is 52.8. The molecule has 3 heterocycles. The third-order valence-electron chi connectivity index (χ3n) is 6.26. The summed E-state index contributed by atoms with van der Waals surface area (Å²) in [5.74, 6) is 0.365. The van der Waals surface area contributed by atoms with Crippen molar-refractivity contribution < 1.29 is 18.7 Å². The van der Waals surface area contributed by atoms with Crippen molar-refractivity contribution in [2.45, 2.75) is 13.3 Å². The maximum atomic E-state index is 12.3. The summed E-state index contributed by atoms with van der Waals surface area (Å²) in [6.45, 7) is 6.21. The number of hydrogen-bond acceptors (Lipinski definition) is 9. The molecule has 3 aromatic rings. The Hall–Kier alpha value is -3.86. The van der Waals surface area contributed by atoms with E-state index in [0.29, 0.717) is 36.6 Å². The molecule has 0 saturated carbocycles. The molecule has 1 aliphatic heterocycles. The van der Waals surface area contributed by atoms with Gasteiger partial charge in [0.15, 0.2) is 5.43 Å². The van der Waals surface area contributed by atoms with Crippen molar-refractivity contribution in [3.63, 3.8) is 0 Å². The number of carbonyl (C=O) groups is 1. The van der Waals surface area contributed by atoms with Crippen LogP contribution in [0.2, 0.25) is 0 Å². The van der Waals surface area contributed by atoms with E-state index in [4.69, 9.17) is 13.9 Å². The average Bonchev–Trinajstić information content (AvgIpc) is 2.88. The van der Waals surface area contributed by atoms with Gasteiger partial charge >= 0.3 is 11.7 Å². The smallest absolute Gasteiger partial charge is 0.374 e. The molecule has 0 amide bonds. The Morgan fingerprint density at radius 2 is 1.75 bits per heavy atom. The molecule has 1 fully saturated rings. The van der Waals surface area contributed by atoms with Gasteiger partial charge in [0.05, 0.1) is 18.6 Å². The maximum absolute atomic E-state index is 12.3. The molecule has 192 valence electrons. The van der Waals surface area contributed by atoms with Crippen LogP contribution in [0.25, 0.3) is 11.0 Å². The van der Waals surface area contributed by atoms with Crippen LogP contribution in [0.3, 0.4) is 0 Å². The molecule has 0 unspecified atom stereocenters. The van der Waals surface area contributed by atoms with E-state index in [2.05, 4.69) is 9.80 Å². The molecular formula is C25H30N4O7. The Kier molecular flexibility index (Phi) is 7.58. The maximum Gasteiger partial charge on any atom is 0.374 e. The molecule has 0 bridgehead atoms. The van der Waals surface area contributed by atoms with E-state index >= 15 is 0 Å². The lowest BCUT2D eigenvalue weighted by atomic mass is 10.2. The number of hydrogen-bond donors (Lipinski definition) is 0. The highest BCUT2D eigenvalue weighted by atomic mass is 16.5. The van der Waals surface area contributed by atoms with Crippen LogP contribution in [0.1, 0.15) is 23.9 Å². The van der Waals surface area contributed by atoms with E-state index in [9.17, 15) is 19.2 Å². The predicted molar refractivity (Wildman–Crippen MR) is 134 cm³/mol. The normalized spacial score (nSPS) is 14.2. The summed E-state index contributed by atoms with van der Waals surface area (Å²) in [7, 11) is 3.15. The quantitative estimate of drug-likeness (QED) is 0.331. The van der Waals surface area contributed by atoms with Crippen molar-refractivity contribution >= 4 is 22.8 Å². The van der Waals surface area contributed by atoms with E-state index in [-0.39, 0.29) is 34.6 Å². The van der Waals surface area contributed by atoms with Gasteiger partial charge in [-0.25, -0.2) is 9.59 Å². The summed E-state index contributed by atoms with van der Waals surface area (Å²) < 4.78 is 18.9. The number of benzene rings is 1. The summed E-state index contributed by atoms with van der Waals surface area (Å²) in [6, 6.07) is 7.57. The number of nitrogens with zero attached hydrogens (tertiary/aromatic N) is 4. The van der Waals surface area contributed by atoms with Crippen molar-refractivity contribution in [3.8, 4) is 5.75 Å². The number of aromatic nitrogens is 2. The van der Waals surface area contributed by atoms with Crippen LogP contribution in [0.4, 0.5) is 5.82 Å². The van der Waals surface area contributed by atoms with E-state index in [1.165, 1.54) is 17.7 Å². The SMILES string of the molecule is CCOC(=O)c1cc(=O)c2ccc(OCCCN3CCN(c4cc(=O)n(C)c(=O)n4C)CC3)cc2o1. The Balaban J connectivity index is 1.29. The van der Waals surface area contributed by atoms with Crippen LogP contribution in [0.5, 0.6) is 5.75 Å². The zero-order chi connectivity index (χ0) is 25.8. The second-order valence-electron chi connectivity index (χ2n) is 8.63. The first-order valence-corrected chi connectivity index (χ1v) is 11.9. The molecular weight excluding hydrogens is 468 g/mol. The Morgan fingerprint density at radius 1 is 1.00 bits per heavy atom. The topological polar surface area (TPSA) is 116 Å². The van der Waals surface area contributed by atoms with E-state index in [1.807, 2.05) is 0 Å². The lowest BCUT2D eigenvalue weighted by Crippen LogP contribution is -2.49. The van der Waals surface area contributed by atoms with Crippen molar-refractivity contribution in [1.29, 1.82) is 0 Å². The van der Waals surface area contributed by atoms with Crippen molar-refractivity contribution in [1.82, 2.24) is 14.0 Å². The number of carbonyl (C=O) groups excluding carboxylic acids is 1. The van der Waals surface area contributed by atoms with Gasteiger partial charge in [-0.3, -0.25) is 23.6 Å². The van der Waals surface area contributed by atoms with Crippen LogP contribution in [0, 0.1) is 0 Å². The second kappa shape index (κ2) is 10.8. The van der Waals surface area contributed by atoms with Crippen LogP contribution in [-0.2, 0) is 18.8 Å². The van der Waals surface area contributed by atoms with Gasteiger partial charge in [0.2, 0.25) is 5.76 Å². The number of rotatable bonds is 8. The zero-order valence-electron chi connectivity index (χ0n) is 20.7. The first-order chi connectivity index (χ1) is 17.3. The van der Waals surface area contributed by atoms with Crippen molar-refractivity contribution in [2.24, 2.45) is 14.1 Å². The van der Waals surface area contributed by atoms with Crippen LogP contribution < -0.4 is 26.3 Å². The number of anilines is 1. The molecule has 0 spiro atoms. The second-order valence-corrected chi connectivity index (χ2v) is 8.63. The molecule has 0 atom stereocenters. The third kappa shape index (κ3) is 5.35. The summed E-state index contributed by atoms with van der Waals surface area (Å²) in [6.07, 6.45) is 0.787. The first kappa shape index (κ1) is 25.2. The van der Waals surface area contributed by atoms with Crippen molar-refractivity contribution in [2.75, 3.05) is 50.8 Å². The van der Waals surface area contributed by atoms with Crippen LogP contribution >= 0.6 is 0 Å². The van der Waals surface area contributed by atoms with Crippen LogP contribution in [0.15, 0.2) is 49.1 Å². The van der Waals surface area contributed by atoms with Gasteiger partial charge in [-0.15, -0.1) is 0 Å². The molecule has 1 aromatic carbocycles. The van der Waals surface area contributed by atoms with E-state index < -0.39 is 5.97 Å². The third-order valence-corrected chi connectivity index (χ3v) is 6.26. The van der Waals surface area contributed by atoms with Gasteiger partial charge in [-0.05, 0) is 25.5 Å². The molecule has 0 radical (unpaired) electrons. The summed E-state index contributed by atoms with van der Waals surface area (Å²) in [5.41, 5.74) is -0.690.